The Labute approximate surface area is 194 Å². The van der Waals surface area contributed by atoms with Gasteiger partial charge in [-0.2, -0.15) is 0 Å². The molecule has 1 saturated heterocycles. The number of carbonyl (C=O) groups excluding carboxylic acids is 1. The number of anilines is 1. The Morgan fingerprint density at radius 3 is 2.62 bits per heavy atom. The van der Waals surface area contributed by atoms with Crippen LogP contribution in [0.25, 0.3) is 0 Å². The minimum absolute atomic E-state index is 0. The molecule has 3 rings (SSSR count). The van der Waals surface area contributed by atoms with Gasteiger partial charge >= 0.3 is 0 Å². The van der Waals surface area contributed by atoms with Crippen molar-refractivity contribution in [3.05, 3.63) is 45.9 Å². The standard InChI is InChI=1S/C21H29N5OS.HI/c1-4-22-21(24-13-17-14-28-20(25-17)15(2)3)23-12-16-7-9-18(10-8-16)26-11-5-6-19(26)27;/h7-10,14-15H,4-6,11-13H2,1-3H3,(H2,22,23,24);1H. The largest absolute Gasteiger partial charge is 0.357 e. The number of guanidine groups is 1. The Morgan fingerprint density at radius 2 is 2.03 bits per heavy atom. The predicted octanol–water partition coefficient (Wildman–Crippen LogP) is 4.27. The van der Waals surface area contributed by atoms with Gasteiger partial charge in [0, 0.05) is 36.5 Å². The van der Waals surface area contributed by atoms with Crippen LogP contribution in [-0.4, -0.2) is 29.9 Å². The summed E-state index contributed by atoms with van der Waals surface area (Å²) >= 11 is 1.71. The maximum Gasteiger partial charge on any atom is 0.227 e. The minimum Gasteiger partial charge on any atom is -0.357 e. The Kier molecular flexibility index (Phi) is 9.35. The molecule has 158 valence electrons. The highest BCUT2D eigenvalue weighted by Crippen LogP contribution is 2.22. The summed E-state index contributed by atoms with van der Waals surface area (Å²) in [4.78, 5) is 23.0. The quantitative estimate of drug-likeness (QED) is 0.321. The Hall–Kier alpha value is -1.68. The van der Waals surface area contributed by atoms with Crippen LogP contribution in [0.4, 0.5) is 5.69 Å². The fraction of sp³-hybridized carbons (Fsp3) is 0.476. The van der Waals surface area contributed by atoms with E-state index in [1.54, 1.807) is 11.3 Å². The van der Waals surface area contributed by atoms with Crippen LogP contribution in [0.15, 0.2) is 34.6 Å². The highest BCUT2D eigenvalue weighted by atomic mass is 127. The average Bonchev–Trinajstić information content (AvgIpc) is 3.33. The van der Waals surface area contributed by atoms with Crippen LogP contribution >= 0.6 is 35.3 Å². The van der Waals surface area contributed by atoms with Gasteiger partial charge in [-0.15, -0.1) is 35.3 Å². The van der Waals surface area contributed by atoms with Crippen molar-refractivity contribution in [3.8, 4) is 0 Å². The van der Waals surface area contributed by atoms with Crippen LogP contribution in [0.3, 0.4) is 0 Å². The fourth-order valence-electron chi connectivity index (χ4n) is 3.06. The molecule has 2 heterocycles. The van der Waals surface area contributed by atoms with Crippen molar-refractivity contribution < 1.29 is 4.79 Å². The third-order valence-electron chi connectivity index (χ3n) is 4.59. The molecule has 8 heteroatoms. The number of thiazole rings is 1. The molecule has 0 atom stereocenters. The van der Waals surface area contributed by atoms with Crippen molar-refractivity contribution in [1.82, 2.24) is 15.6 Å². The van der Waals surface area contributed by atoms with Gasteiger partial charge in [0.25, 0.3) is 0 Å². The summed E-state index contributed by atoms with van der Waals surface area (Å²) in [6.45, 7) is 9.23. The van der Waals surface area contributed by atoms with Gasteiger partial charge in [0.2, 0.25) is 5.91 Å². The molecular formula is C21H30IN5OS. The second-order valence-corrected chi connectivity index (χ2v) is 8.09. The molecule has 0 spiro atoms. The van der Waals surface area contributed by atoms with E-state index in [2.05, 4.69) is 46.8 Å². The molecule has 1 aromatic carbocycles. The Balaban J connectivity index is 0.00000300. The molecule has 2 N–H and O–H groups in total. The van der Waals surface area contributed by atoms with Crippen molar-refractivity contribution in [1.29, 1.82) is 0 Å². The molecule has 1 aliphatic heterocycles. The Bertz CT molecular complexity index is 819. The fourth-order valence-corrected chi connectivity index (χ4v) is 3.89. The number of hydrogen-bond acceptors (Lipinski definition) is 4. The van der Waals surface area contributed by atoms with E-state index < -0.39 is 0 Å². The SMILES string of the molecule is CCNC(=NCc1ccc(N2CCCC2=O)cc1)NCc1csc(C(C)C)n1.I. The first-order valence-corrected chi connectivity index (χ1v) is 10.8. The highest BCUT2D eigenvalue weighted by Gasteiger charge is 2.21. The van der Waals surface area contributed by atoms with E-state index in [1.165, 1.54) is 0 Å². The van der Waals surface area contributed by atoms with Crippen molar-refractivity contribution in [2.75, 3.05) is 18.0 Å². The van der Waals surface area contributed by atoms with Crippen LogP contribution in [0.5, 0.6) is 0 Å². The molecule has 2 aromatic rings. The van der Waals surface area contributed by atoms with E-state index in [9.17, 15) is 4.79 Å². The first-order chi connectivity index (χ1) is 13.6. The number of rotatable bonds is 7. The van der Waals surface area contributed by atoms with E-state index >= 15 is 0 Å². The second kappa shape index (κ2) is 11.5. The smallest absolute Gasteiger partial charge is 0.227 e. The Morgan fingerprint density at radius 1 is 1.28 bits per heavy atom. The summed E-state index contributed by atoms with van der Waals surface area (Å²) in [6, 6.07) is 8.11. The molecule has 6 nitrogen and oxygen atoms in total. The normalized spacial score (nSPS) is 14.3. The number of nitrogens with one attached hydrogen (secondary N) is 2. The van der Waals surface area contributed by atoms with Crippen LogP contribution in [0, 0.1) is 0 Å². The summed E-state index contributed by atoms with van der Waals surface area (Å²) in [6.07, 6.45) is 1.60. The van der Waals surface area contributed by atoms with Crippen LogP contribution in [0.1, 0.15) is 55.8 Å². The van der Waals surface area contributed by atoms with Gasteiger partial charge in [0.15, 0.2) is 5.96 Å². The van der Waals surface area contributed by atoms with Crippen molar-refractivity contribution in [2.24, 2.45) is 4.99 Å². The molecular weight excluding hydrogens is 497 g/mol. The van der Waals surface area contributed by atoms with E-state index in [0.717, 1.165) is 47.4 Å². The zero-order valence-electron chi connectivity index (χ0n) is 17.3. The lowest BCUT2D eigenvalue weighted by Gasteiger charge is -2.15. The number of halogens is 1. The summed E-state index contributed by atoms with van der Waals surface area (Å²) in [5.74, 6) is 1.45. The van der Waals surface area contributed by atoms with Crippen molar-refractivity contribution >= 4 is 52.9 Å². The summed E-state index contributed by atoms with van der Waals surface area (Å²) in [7, 11) is 0. The predicted molar refractivity (Wildman–Crippen MR) is 131 cm³/mol. The molecule has 0 bridgehead atoms. The van der Waals surface area contributed by atoms with Crippen LogP contribution in [0.2, 0.25) is 0 Å². The van der Waals surface area contributed by atoms with E-state index in [0.29, 0.717) is 25.4 Å². The molecule has 1 aromatic heterocycles. The minimum atomic E-state index is 0. The molecule has 0 saturated carbocycles. The van der Waals surface area contributed by atoms with E-state index in [-0.39, 0.29) is 29.9 Å². The number of amides is 1. The molecule has 1 fully saturated rings. The molecule has 29 heavy (non-hydrogen) atoms. The maximum atomic E-state index is 11.9. The van der Waals surface area contributed by atoms with Crippen molar-refractivity contribution in [2.45, 2.75) is 52.6 Å². The molecule has 0 radical (unpaired) electrons. The molecule has 0 unspecified atom stereocenters. The average molecular weight is 527 g/mol. The van der Waals surface area contributed by atoms with Gasteiger partial charge in [-0.25, -0.2) is 9.98 Å². The monoisotopic (exact) mass is 527 g/mol. The first kappa shape index (κ1) is 23.6. The second-order valence-electron chi connectivity index (χ2n) is 7.20. The number of carbonyl (C=O) groups is 1. The molecule has 1 amide bonds. The van der Waals surface area contributed by atoms with Gasteiger partial charge in [-0.05, 0) is 31.0 Å². The number of aromatic nitrogens is 1. The maximum absolute atomic E-state index is 11.9. The topological polar surface area (TPSA) is 69.6 Å². The highest BCUT2D eigenvalue weighted by molar-refractivity contribution is 14.0. The summed E-state index contributed by atoms with van der Waals surface area (Å²) < 4.78 is 0. The zero-order chi connectivity index (χ0) is 19.9. The zero-order valence-corrected chi connectivity index (χ0v) is 20.4. The first-order valence-electron chi connectivity index (χ1n) is 9.92. The van der Waals surface area contributed by atoms with Gasteiger partial charge in [-0.3, -0.25) is 4.79 Å². The lowest BCUT2D eigenvalue weighted by molar-refractivity contribution is -0.117. The van der Waals surface area contributed by atoms with Crippen molar-refractivity contribution in [3.63, 3.8) is 0 Å². The number of nitrogens with zero attached hydrogens (tertiary/aromatic N) is 3. The lowest BCUT2D eigenvalue weighted by atomic mass is 10.2. The van der Waals surface area contributed by atoms with Gasteiger partial charge in [0.05, 0.1) is 23.8 Å². The summed E-state index contributed by atoms with van der Waals surface area (Å²) in [5.41, 5.74) is 3.13. The lowest BCUT2D eigenvalue weighted by Crippen LogP contribution is -2.36. The summed E-state index contributed by atoms with van der Waals surface area (Å²) in [5, 5.41) is 9.89. The van der Waals surface area contributed by atoms with Gasteiger partial charge in [-0.1, -0.05) is 26.0 Å². The van der Waals surface area contributed by atoms with Gasteiger partial charge < -0.3 is 15.5 Å². The molecule has 0 aliphatic carbocycles. The third-order valence-corrected chi connectivity index (χ3v) is 5.78. The number of benzene rings is 1. The van der Waals surface area contributed by atoms with Crippen LogP contribution in [-0.2, 0) is 17.9 Å². The van der Waals surface area contributed by atoms with Crippen LogP contribution < -0.4 is 15.5 Å². The van der Waals surface area contributed by atoms with Gasteiger partial charge in [0.1, 0.15) is 0 Å². The number of aliphatic imine (C=N–C) groups is 1. The van der Waals surface area contributed by atoms with E-state index in [1.807, 2.05) is 29.2 Å². The van der Waals surface area contributed by atoms with E-state index in [4.69, 9.17) is 0 Å². The third kappa shape index (κ3) is 6.67. The number of hydrogen-bond donors (Lipinski definition) is 2. The molecule has 1 aliphatic rings.